The van der Waals surface area contributed by atoms with Gasteiger partial charge in [-0.25, -0.2) is 0 Å². The molecular weight excluding hydrogens is 282 g/mol. The summed E-state index contributed by atoms with van der Waals surface area (Å²) >= 11 is 3.97. The van der Waals surface area contributed by atoms with Gasteiger partial charge in [0, 0.05) is 29.8 Å². The number of thioether (sulfide) groups is 2. The van der Waals surface area contributed by atoms with Crippen molar-refractivity contribution >= 4 is 23.5 Å². The third-order valence-electron chi connectivity index (χ3n) is 3.37. The summed E-state index contributed by atoms with van der Waals surface area (Å²) in [5, 5.41) is 8.42. The van der Waals surface area contributed by atoms with Crippen LogP contribution in [0.25, 0.3) is 0 Å². The summed E-state index contributed by atoms with van der Waals surface area (Å²) in [4.78, 5) is 4.58. The van der Waals surface area contributed by atoms with E-state index in [0.29, 0.717) is 23.0 Å². The predicted molar refractivity (Wildman–Crippen MR) is 77.6 cm³/mol. The summed E-state index contributed by atoms with van der Waals surface area (Å²) in [5.41, 5.74) is 0. The van der Waals surface area contributed by atoms with Crippen molar-refractivity contribution in [3.8, 4) is 0 Å². The summed E-state index contributed by atoms with van der Waals surface area (Å²) in [6.45, 7) is 4.58. The smallest absolute Gasteiger partial charge is 0.257 e. The van der Waals surface area contributed by atoms with Gasteiger partial charge in [-0.3, -0.25) is 0 Å². The van der Waals surface area contributed by atoms with E-state index in [1.165, 1.54) is 5.75 Å². The molecule has 3 atom stereocenters. The van der Waals surface area contributed by atoms with Crippen molar-refractivity contribution in [3.05, 3.63) is 11.7 Å². The lowest BCUT2D eigenvalue weighted by atomic mass is 10.2. The first-order valence-electron chi connectivity index (χ1n) is 6.77. The van der Waals surface area contributed by atoms with Crippen LogP contribution in [0.2, 0.25) is 0 Å². The molecule has 19 heavy (non-hydrogen) atoms. The lowest BCUT2D eigenvalue weighted by Gasteiger charge is -2.27. The standard InChI is InChI=1S/C12H19N3O2S2/c1-2-9-10(19-6-5-18-9)11-14-12(17-15-11)8-7-13-3-4-16-8/h8-10,13H,2-7H2,1H3. The molecule has 0 aliphatic carbocycles. The fraction of sp³-hybridized carbons (Fsp3) is 0.833. The number of nitrogens with one attached hydrogen (secondary N) is 1. The summed E-state index contributed by atoms with van der Waals surface area (Å²) < 4.78 is 11.0. The van der Waals surface area contributed by atoms with Crippen LogP contribution in [0.1, 0.15) is 36.4 Å². The highest BCUT2D eigenvalue weighted by Crippen LogP contribution is 2.43. The number of aromatic nitrogens is 2. The molecule has 5 nitrogen and oxygen atoms in total. The first-order chi connectivity index (χ1) is 9.38. The van der Waals surface area contributed by atoms with Gasteiger partial charge in [0.25, 0.3) is 5.89 Å². The van der Waals surface area contributed by atoms with Gasteiger partial charge in [-0.1, -0.05) is 12.1 Å². The van der Waals surface area contributed by atoms with Gasteiger partial charge in [0.1, 0.15) is 6.10 Å². The summed E-state index contributed by atoms with van der Waals surface area (Å²) in [6, 6.07) is 0. The van der Waals surface area contributed by atoms with Crippen LogP contribution in [0.15, 0.2) is 4.52 Å². The largest absolute Gasteiger partial charge is 0.366 e. The number of ether oxygens (including phenoxy) is 1. The maximum atomic E-state index is 5.65. The van der Waals surface area contributed by atoms with E-state index in [0.717, 1.165) is 31.1 Å². The minimum atomic E-state index is -0.0867. The quantitative estimate of drug-likeness (QED) is 0.916. The SMILES string of the molecule is CCC1SCCSC1c1noc(C2CNCCO2)n1. The van der Waals surface area contributed by atoms with E-state index >= 15 is 0 Å². The van der Waals surface area contributed by atoms with Crippen LogP contribution in [0.3, 0.4) is 0 Å². The predicted octanol–water partition coefficient (Wildman–Crippen LogP) is 2.03. The number of rotatable bonds is 3. The van der Waals surface area contributed by atoms with Crippen molar-refractivity contribution < 1.29 is 9.26 Å². The average molecular weight is 301 g/mol. The monoisotopic (exact) mass is 301 g/mol. The molecule has 2 aliphatic rings. The Hall–Kier alpha value is -0.240. The second kappa shape index (κ2) is 6.47. The van der Waals surface area contributed by atoms with E-state index in [9.17, 15) is 0 Å². The highest BCUT2D eigenvalue weighted by Gasteiger charge is 2.32. The van der Waals surface area contributed by atoms with E-state index in [2.05, 4.69) is 22.4 Å². The van der Waals surface area contributed by atoms with Crippen molar-refractivity contribution in [3.63, 3.8) is 0 Å². The molecule has 0 bridgehead atoms. The van der Waals surface area contributed by atoms with E-state index in [-0.39, 0.29) is 6.10 Å². The summed E-state index contributed by atoms with van der Waals surface area (Å²) in [7, 11) is 0. The molecule has 106 valence electrons. The number of morpholine rings is 1. The third-order valence-corrected chi connectivity index (χ3v) is 6.61. The van der Waals surface area contributed by atoms with Crippen LogP contribution in [0, 0.1) is 0 Å². The molecule has 2 saturated heterocycles. The van der Waals surface area contributed by atoms with E-state index in [4.69, 9.17) is 9.26 Å². The van der Waals surface area contributed by atoms with Gasteiger partial charge in [-0.15, -0.1) is 11.8 Å². The van der Waals surface area contributed by atoms with Crippen molar-refractivity contribution in [1.29, 1.82) is 0 Å². The van der Waals surface area contributed by atoms with Gasteiger partial charge in [0.15, 0.2) is 5.82 Å². The number of hydrogen-bond acceptors (Lipinski definition) is 7. The first kappa shape index (κ1) is 13.7. The zero-order chi connectivity index (χ0) is 13.1. The molecule has 0 aromatic carbocycles. The number of nitrogens with zero attached hydrogens (tertiary/aromatic N) is 2. The molecule has 7 heteroatoms. The molecule has 1 aromatic heterocycles. The van der Waals surface area contributed by atoms with Crippen molar-refractivity contribution in [2.24, 2.45) is 0 Å². The third kappa shape index (κ3) is 3.09. The highest BCUT2D eigenvalue weighted by molar-refractivity contribution is 8.06. The maximum Gasteiger partial charge on any atom is 0.257 e. The lowest BCUT2D eigenvalue weighted by Crippen LogP contribution is -2.33. The van der Waals surface area contributed by atoms with Gasteiger partial charge in [0.05, 0.1) is 11.9 Å². The molecule has 2 fully saturated rings. The van der Waals surface area contributed by atoms with Gasteiger partial charge in [0.2, 0.25) is 0 Å². The van der Waals surface area contributed by atoms with Crippen LogP contribution in [-0.4, -0.2) is 46.6 Å². The van der Waals surface area contributed by atoms with E-state index in [1.54, 1.807) is 0 Å². The Balaban J connectivity index is 1.72. The molecule has 0 spiro atoms. The fourth-order valence-corrected chi connectivity index (χ4v) is 5.34. The molecule has 1 aromatic rings. The van der Waals surface area contributed by atoms with Crippen LogP contribution < -0.4 is 5.32 Å². The van der Waals surface area contributed by atoms with Crippen LogP contribution >= 0.6 is 23.5 Å². The Labute approximate surface area is 121 Å². The van der Waals surface area contributed by atoms with Gasteiger partial charge in [-0.2, -0.15) is 16.7 Å². The Kier molecular flexibility index (Phi) is 4.68. The average Bonchev–Trinajstić information content (AvgIpc) is 2.98. The second-order valence-electron chi connectivity index (χ2n) is 4.66. The molecule has 3 heterocycles. The number of hydrogen-bond donors (Lipinski definition) is 1. The Bertz CT molecular complexity index is 409. The Morgan fingerprint density at radius 1 is 1.37 bits per heavy atom. The summed E-state index contributed by atoms with van der Waals surface area (Å²) in [5.74, 6) is 3.85. The highest BCUT2D eigenvalue weighted by atomic mass is 32.2. The molecular formula is C12H19N3O2S2. The molecule has 3 unspecified atom stereocenters. The topological polar surface area (TPSA) is 60.2 Å². The summed E-state index contributed by atoms with van der Waals surface area (Å²) in [6.07, 6.45) is 1.06. The van der Waals surface area contributed by atoms with Crippen molar-refractivity contribution in [2.75, 3.05) is 31.2 Å². The fourth-order valence-electron chi connectivity index (χ4n) is 2.36. The lowest BCUT2D eigenvalue weighted by molar-refractivity contribution is 0.00755. The zero-order valence-electron chi connectivity index (χ0n) is 11.0. The second-order valence-corrected chi connectivity index (χ2v) is 7.26. The van der Waals surface area contributed by atoms with Crippen molar-refractivity contribution in [2.45, 2.75) is 29.9 Å². The first-order valence-corrected chi connectivity index (χ1v) is 8.87. The normalized spacial score (nSPS) is 32.4. The Morgan fingerprint density at radius 3 is 3.05 bits per heavy atom. The van der Waals surface area contributed by atoms with Crippen LogP contribution in [0.4, 0.5) is 0 Å². The zero-order valence-corrected chi connectivity index (χ0v) is 12.6. The van der Waals surface area contributed by atoms with Crippen LogP contribution in [-0.2, 0) is 4.74 Å². The molecule has 3 rings (SSSR count). The minimum absolute atomic E-state index is 0.0867. The van der Waals surface area contributed by atoms with Crippen molar-refractivity contribution in [1.82, 2.24) is 15.5 Å². The van der Waals surface area contributed by atoms with E-state index in [1.807, 2.05) is 23.5 Å². The van der Waals surface area contributed by atoms with Crippen LogP contribution in [0.5, 0.6) is 0 Å². The van der Waals surface area contributed by atoms with Gasteiger partial charge >= 0.3 is 0 Å². The molecule has 0 saturated carbocycles. The molecule has 2 aliphatic heterocycles. The van der Waals surface area contributed by atoms with Gasteiger partial charge in [-0.05, 0) is 6.42 Å². The molecule has 1 N–H and O–H groups in total. The maximum absolute atomic E-state index is 5.65. The van der Waals surface area contributed by atoms with Gasteiger partial charge < -0.3 is 14.6 Å². The molecule has 0 amide bonds. The minimum Gasteiger partial charge on any atom is -0.366 e. The van der Waals surface area contributed by atoms with E-state index < -0.39 is 0 Å². The molecule has 0 radical (unpaired) electrons. The Morgan fingerprint density at radius 2 is 2.26 bits per heavy atom.